The summed E-state index contributed by atoms with van der Waals surface area (Å²) >= 11 is 1.30. The largest absolute Gasteiger partial charge is 0.349 e. The van der Waals surface area contributed by atoms with Crippen molar-refractivity contribution >= 4 is 28.8 Å². The summed E-state index contributed by atoms with van der Waals surface area (Å²) in [5.41, 5.74) is 3.69. The fraction of sp³-hybridized carbons (Fsp3) is 0.389. The first kappa shape index (κ1) is 16.6. The molecule has 0 saturated heterocycles. The van der Waals surface area contributed by atoms with Gasteiger partial charge in [-0.1, -0.05) is 6.07 Å². The Balaban J connectivity index is 1.64. The number of hydrogen-bond acceptors (Lipinski definition) is 4. The summed E-state index contributed by atoms with van der Waals surface area (Å²) in [6.45, 7) is 5.80. The Kier molecular flexibility index (Phi) is 4.66. The smallest absolute Gasteiger partial charge is 0.263 e. The number of thiazole rings is 1. The lowest BCUT2D eigenvalue weighted by molar-refractivity contribution is -0.115. The van der Waals surface area contributed by atoms with Gasteiger partial charge in [0.05, 0.1) is 12.1 Å². The SMILES string of the molecule is Cc1cc(C)cc(NC(=O)Cc2nc(C)c(C(=O)NC3CC3)s2)c1. The van der Waals surface area contributed by atoms with Crippen LogP contribution in [0.15, 0.2) is 18.2 Å². The van der Waals surface area contributed by atoms with Gasteiger partial charge in [0.15, 0.2) is 0 Å². The summed E-state index contributed by atoms with van der Waals surface area (Å²) in [6.07, 6.45) is 2.28. The minimum Gasteiger partial charge on any atom is -0.349 e. The minimum atomic E-state index is -0.122. The molecule has 2 N–H and O–H groups in total. The van der Waals surface area contributed by atoms with E-state index in [2.05, 4.69) is 21.7 Å². The lowest BCUT2D eigenvalue weighted by atomic mass is 10.1. The average Bonchev–Trinajstić information content (AvgIpc) is 3.19. The van der Waals surface area contributed by atoms with E-state index in [-0.39, 0.29) is 18.2 Å². The van der Waals surface area contributed by atoms with Gasteiger partial charge in [0.2, 0.25) is 5.91 Å². The van der Waals surface area contributed by atoms with E-state index in [1.54, 1.807) is 0 Å². The van der Waals surface area contributed by atoms with Gasteiger partial charge in [0.25, 0.3) is 5.91 Å². The van der Waals surface area contributed by atoms with Crippen molar-refractivity contribution in [1.29, 1.82) is 0 Å². The van der Waals surface area contributed by atoms with Crippen LogP contribution in [0.3, 0.4) is 0 Å². The molecule has 1 fully saturated rings. The number of carbonyl (C=O) groups is 2. The van der Waals surface area contributed by atoms with Crippen molar-refractivity contribution in [2.24, 2.45) is 0 Å². The Hall–Kier alpha value is -2.21. The number of aryl methyl sites for hydroxylation is 3. The first-order chi connectivity index (χ1) is 11.4. The molecule has 0 radical (unpaired) electrons. The van der Waals surface area contributed by atoms with Crippen molar-refractivity contribution in [3.63, 3.8) is 0 Å². The molecule has 3 rings (SSSR count). The van der Waals surface area contributed by atoms with Crippen LogP contribution >= 0.6 is 11.3 Å². The maximum Gasteiger partial charge on any atom is 0.263 e. The van der Waals surface area contributed by atoms with Crippen LogP contribution in [0.25, 0.3) is 0 Å². The standard InChI is InChI=1S/C18H21N3O2S/c1-10-6-11(2)8-14(7-10)20-15(22)9-16-19-12(3)17(24-16)18(23)21-13-4-5-13/h6-8,13H,4-5,9H2,1-3H3,(H,20,22)(H,21,23). The third-order valence-corrected chi connectivity index (χ3v) is 4.93. The molecule has 5 nitrogen and oxygen atoms in total. The molecule has 1 aromatic carbocycles. The minimum absolute atomic E-state index is 0.0755. The maximum absolute atomic E-state index is 12.2. The van der Waals surface area contributed by atoms with E-state index >= 15 is 0 Å². The van der Waals surface area contributed by atoms with E-state index in [1.807, 2.05) is 32.9 Å². The molecule has 1 aliphatic rings. The molecular formula is C18H21N3O2S. The Morgan fingerprint density at radius 2 is 1.83 bits per heavy atom. The fourth-order valence-corrected chi connectivity index (χ4v) is 3.57. The van der Waals surface area contributed by atoms with E-state index in [0.29, 0.717) is 21.6 Å². The second-order valence-electron chi connectivity index (χ2n) is 6.37. The molecule has 24 heavy (non-hydrogen) atoms. The molecule has 0 aliphatic heterocycles. The predicted molar refractivity (Wildman–Crippen MR) is 95.6 cm³/mol. The highest BCUT2D eigenvalue weighted by Gasteiger charge is 2.26. The highest BCUT2D eigenvalue weighted by Crippen LogP contribution is 2.23. The van der Waals surface area contributed by atoms with Gasteiger partial charge in [-0.3, -0.25) is 9.59 Å². The number of amides is 2. The molecule has 1 aromatic heterocycles. The third kappa shape index (κ3) is 4.20. The van der Waals surface area contributed by atoms with Crippen molar-refractivity contribution in [2.45, 2.75) is 46.1 Å². The third-order valence-electron chi connectivity index (χ3n) is 3.78. The van der Waals surface area contributed by atoms with Crippen LogP contribution in [0.2, 0.25) is 0 Å². The zero-order valence-corrected chi connectivity index (χ0v) is 14.9. The van der Waals surface area contributed by atoms with Gasteiger partial charge in [0, 0.05) is 11.7 Å². The molecule has 6 heteroatoms. The number of rotatable bonds is 5. The average molecular weight is 343 g/mol. The topological polar surface area (TPSA) is 71.1 Å². The number of benzene rings is 1. The number of nitrogens with zero attached hydrogens (tertiary/aromatic N) is 1. The van der Waals surface area contributed by atoms with Crippen molar-refractivity contribution in [2.75, 3.05) is 5.32 Å². The van der Waals surface area contributed by atoms with E-state index < -0.39 is 0 Å². The first-order valence-electron chi connectivity index (χ1n) is 8.06. The molecule has 2 amide bonds. The zero-order chi connectivity index (χ0) is 17.3. The van der Waals surface area contributed by atoms with Crippen LogP contribution in [0.1, 0.15) is 44.3 Å². The van der Waals surface area contributed by atoms with Gasteiger partial charge in [-0.2, -0.15) is 0 Å². The van der Waals surface area contributed by atoms with Crippen molar-refractivity contribution in [1.82, 2.24) is 10.3 Å². The van der Waals surface area contributed by atoms with E-state index in [1.165, 1.54) is 11.3 Å². The Labute approximate surface area is 145 Å². The van der Waals surface area contributed by atoms with Crippen molar-refractivity contribution in [3.05, 3.63) is 44.9 Å². The number of hydrogen-bond donors (Lipinski definition) is 2. The first-order valence-corrected chi connectivity index (χ1v) is 8.87. The number of anilines is 1. The Morgan fingerprint density at radius 1 is 1.17 bits per heavy atom. The number of aromatic nitrogens is 1. The molecular weight excluding hydrogens is 322 g/mol. The summed E-state index contributed by atoms with van der Waals surface area (Å²) in [7, 11) is 0. The van der Waals surface area contributed by atoms with Crippen LogP contribution in [-0.2, 0) is 11.2 Å². The molecule has 0 spiro atoms. The normalized spacial score (nSPS) is 13.6. The molecule has 1 heterocycles. The molecule has 0 unspecified atom stereocenters. The summed E-state index contributed by atoms with van der Waals surface area (Å²) in [6, 6.07) is 6.25. The van der Waals surface area contributed by atoms with Gasteiger partial charge < -0.3 is 10.6 Å². The second-order valence-corrected chi connectivity index (χ2v) is 7.45. The van der Waals surface area contributed by atoms with Crippen LogP contribution in [0, 0.1) is 20.8 Å². The summed E-state index contributed by atoms with van der Waals surface area (Å²) in [4.78, 5) is 29.4. The highest BCUT2D eigenvalue weighted by atomic mass is 32.1. The fourth-order valence-electron chi connectivity index (χ4n) is 2.61. The molecule has 126 valence electrons. The van der Waals surface area contributed by atoms with Gasteiger partial charge in [-0.05, 0) is 56.9 Å². The van der Waals surface area contributed by atoms with Crippen LogP contribution in [-0.4, -0.2) is 22.8 Å². The lowest BCUT2D eigenvalue weighted by Gasteiger charge is -2.06. The summed E-state index contributed by atoms with van der Waals surface area (Å²) in [5, 5.41) is 6.52. The van der Waals surface area contributed by atoms with Crippen molar-refractivity contribution in [3.8, 4) is 0 Å². The van der Waals surface area contributed by atoms with Gasteiger partial charge in [-0.25, -0.2) is 4.98 Å². The van der Waals surface area contributed by atoms with E-state index in [0.717, 1.165) is 29.7 Å². The van der Waals surface area contributed by atoms with Gasteiger partial charge in [-0.15, -0.1) is 11.3 Å². The molecule has 1 aliphatic carbocycles. The van der Waals surface area contributed by atoms with Crippen LogP contribution < -0.4 is 10.6 Å². The lowest BCUT2D eigenvalue weighted by Crippen LogP contribution is -2.25. The number of carbonyl (C=O) groups excluding carboxylic acids is 2. The van der Waals surface area contributed by atoms with Crippen LogP contribution in [0.5, 0.6) is 0 Å². The predicted octanol–water partition coefficient (Wildman–Crippen LogP) is 3.14. The monoisotopic (exact) mass is 343 g/mol. The van der Waals surface area contributed by atoms with Gasteiger partial charge in [0.1, 0.15) is 9.88 Å². The van der Waals surface area contributed by atoms with E-state index in [9.17, 15) is 9.59 Å². The zero-order valence-electron chi connectivity index (χ0n) is 14.1. The summed E-state index contributed by atoms with van der Waals surface area (Å²) < 4.78 is 0. The molecule has 0 bridgehead atoms. The molecule has 1 saturated carbocycles. The summed E-state index contributed by atoms with van der Waals surface area (Å²) in [5.74, 6) is -0.198. The van der Waals surface area contributed by atoms with Crippen molar-refractivity contribution < 1.29 is 9.59 Å². The Morgan fingerprint density at radius 3 is 2.46 bits per heavy atom. The second kappa shape index (κ2) is 6.73. The maximum atomic E-state index is 12.2. The highest BCUT2D eigenvalue weighted by molar-refractivity contribution is 7.13. The molecule has 0 atom stereocenters. The van der Waals surface area contributed by atoms with E-state index in [4.69, 9.17) is 0 Å². The number of nitrogens with one attached hydrogen (secondary N) is 2. The molecule has 2 aromatic rings. The quantitative estimate of drug-likeness (QED) is 0.876. The Bertz CT molecular complexity index is 773. The van der Waals surface area contributed by atoms with Gasteiger partial charge >= 0.3 is 0 Å². The van der Waals surface area contributed by atoms with Crippen LogP contribution in [0.4, 0.5) is 5.69 Å².